The molecule has 92 valence electrons. The minimum atomic E-state index is -0.540. The molecular weight excluding hydrogens is 248 g/mol. The summed E-state index contributed by atoms with van der Waals surface area (Å²) in [5.41, 5.74) is -0.540. The van der Waals surface area contributed by atoms with Gasteiger partial charge in [-0.3, -0.25) is 9.59 Å². The molecule has 1 aromatic rings. The van der Waals surface area contributed by atoms with E-state index in [4.69, 9.17) is 0 Å². The number of nitrogens with zero attached hydrogens (tertiary/aromatic N) is 2. The van der Waals surface area contributed by atoms with Gasteiger partial charge in [0.1, 0.15) is 0 Å². The van der Waals surface area contributed by atoms with Crippen LogP contribution in [0, 0.1) is 23.2 Å². The average Bonchev–Trinajstić information content (AvgIpc) is 3.04. The van der Waals surface area contributed by atoms with Crippen LogP contribution in [0.15, 0.2) is 23.7 Å². The minimum Gasteiger partial charge on any atom is -0.274 e. The largest absolute Gasteiger partial charge is 0.274 e. The smallest absolute Gasteiger partial charge is 0.242 e. The predicted octanol–water partition coefficient (Wildman–Crippen LogP) is 1.84. The Balaban J connectivity index is 1.85. The number of amides is 2. The van der Waals surface area contributed by atoms with E-state index >= 15 is 0 Å². The summed E-state index contributed by atoms with van der Waals surface area (Å²) in [7, 11) is 0. The zero-order valence-corrected chi connectivity index (χ0v) is 10.7. The van der Waals surface area contributed by atoms with E-state index in [2.05, 4.69) is 17.1 Å². The number of hydrogen-bond donors (Lipinski definition) is 0. The van der Waals surface area contributed by atoms with Crippen LogP contribution < -0.4 is 4.90 Å². The monoisotopic (exact) mass is 260 g/mol. The van der Waals surface area contributed by atoms with E-state index in [-0.39, 0.29) is 29.6 Å². The lowest BCUT2D eigenvalue weighted by atomic mass is 9.71. The number of hydrogen-bond acceptors (Lipinski definition) is 4. The summed E-state index contributed by atoms with van der Waals surface area (Å²) in [5, 5.41) is 2.30. The quantitative estimate of drug-likeness (QED) is 0.572. The number of thiazole rings is 1. The van der Waals surface area contributed by atoms with Crippen LogP contribution in [0.5, 0.6) is 0 Å². The molecule has 4 atom stereocenters. The van der Waals surface area contributed by atoms with Gasteiger partial charge in [0.25, 0.3) is 0 Å². The molecule has 2 aliphatic carbocycles. The van der Waals surface area contributed by atoms with Crippen LogP contribution in [-0.4, -0.2) is 16.8 Å². The molecule has 2 fully saturated rings. The normalized spacial score (nSPS) is 40.9. The van der Waals surface area contributed by atoms with Crippen molar-refractivity contribution in [2.45, 2.75) is 13.3 Å². The lowest BCUT2D eigenvalue weighted by molar-refractivity contribution is -0.127. The van der Waals surface area contributed by atoms with E-state index < -0.39 is 5.41 Å². The fourth-order valence-corrected chi connectivity index (χ4v) is 4.46. The van der Waals surface area contributed by atoms with Gasteiger partial charge in [-0.1, -0.05) is 12.2 Å². The maximum absolute atomic E-state index is 12.6. The molecular formula is C13H12N2O2S. The summed E-state index contributed by atoms with van der Waals surface area (Å²) in [6, 6.07) is 0. The number of carbonyl (C=O) groups excluding carboxylic acids is 2. The zero-order valence-electron chi connectivity index (χ0n) is 9.87. The van der Waals surface area contributed by atoms with Crippen molar-refractivity contribution in [3.8, 4) is 0 Å². The van der Waals surface area contributed by atoms with Gasteiger partial charge < -0.3 is 0 Å². The third-order valence-corrected chi connectivity index (χ3v) is 5.48. The van der Waals surface area contributed by atoms with Crippen LogP contribution >= 0.6 is 11.3 Å². The first-order valence-electron chi connectivity index (χ1n) is 6.10. The van der Waals surface area contributed by atoms with Crippen molar-refractivity contribution in [2.24, 2.45) is 23.2 Å². The van der Waals surface area contributed by atoms with E-state index in [1.54, 1.807) is 11.6 Å². The summed E-state index contributed by atoms with van der Waals surface area (Å²) < 4.78 is 0. The molecule has 18 heavy (non-hydrogen) atoms. The average molecular weight is 260 g/mol. The predicted molar refractivity (Wildman–Crippen MR) is 66.9 cm³/mol. The Hall–Kier alpha value is -1.49. The first kappa shape index (κ1) is 10.4. The van der Waals surface area contributed by atoms with E-state index in [9.17, 15) is 9.59 Å². The standard InChI is InChI=1S/C13H12N2O2S/c1-13-8-3-2-7(6-8)9(13)10(16)15(11(13)17)12-14-4-5-18-12/h2-5,7-9H,6H2,1H3/t7-,8-,9-,13+/m0/s1. The Morgan fingerprint density at radius 3 is 2.94 bits per heavy atom. The molecule has 4 rings (SSSR count). The lowest BCUT2D eigenvalue weighted by Gasteiger charge is -2.27. The molecule has 2 amide bonds. The molecule has 0 spiro atoms. The van der Waals surface area contributed by atoms with Gasteiger partial charge in [0.2, 0.25) is 11.8 Å². The van der Waals surface area contributed by atoms with Crippen molar-refractivity contribution < 1.29 is 9.59 Å². The number of allylic oxidation sites excluding steroid dienone is 2. The maximum Gasteiger partial charge on any atom is 0.242 e. The van der Waals surface area contributed by atoms with E-state index in [1.165, 1.54) is 16.2 Å². The number of fused-ring (bicyclic) bond motifs is 5. The summed E-state index contributed by atoms with van der Waals surface area (Å²) in [6.45, 7) is 1.94. The first-order chi connectivity index (χ1) is 8.64. The summed E-state index contributed by atoms with van der Waals surface area (Å²) >= 11 is 1.34. The second-order valence-electron chi connectivity index (χ2n) is 5.44. The van der Waals surface area contributed by atoms with Crippen molar-refractivity contribution in [2.75, 3.05) is 4.90 Å². The fourth-order valence-electron chi connectivity index (χ4n) is 3.81. The highest BCUT2D eigenvalue weighted by Gasteiger charge is 2.67. The van der Waals surface area contributed by atoms with Crippen LogP contribution in [0.1, 0.15) is 13.3 Å². The molecule has 2 bridgehead atoms. The fraction of sp³-hybridized carbons (Fsp3) is 0.462. The van der Waals surface area contributed by atoms with Gasteiger partial charge in [0.15, 0.2) is 5.13 Å². The van der Waals surface area contributed by atoms with Crippen LogP contribution in [0.2, 0.25) is 0 Å². The van der Waals surface area contributed by atoms with E-state index in [0.29, 0.717) is 5.13 Å². The van der Waals surface area contributed by atoms with Gasteiger partial charge in [0, 0.05) is 11.6 Å². The highest BCUT2D eigenvalue weighted by molar-refractivity contribution is 7.14. The van der Waals surface area contributed by atoms with Gasteiger partial charge >= 0.3 is 0 Å². The lowest BCUT2D eigenvalue weighted by Crippen LogP contribution is -2.37. The molecule has 0 unspecified atom stereocenters. The second-order valence-corrected chi connectivity index (χ2v) is 6.32. The zero-order chi connectivity index (χ0) is 12.5. The Morgan fingerprint density at radius 2 is 2.28 bits per heavy atom. The molecule has 1 aromatic heterocycles. The number of rotatable bonds is 1. The third kappa shape index (κ3) is 0.960. The van der Waals surface area contributed by atoms with Crippen LogP contribution in [-0.2, 0) is 9.59 Å². The van der Waals surface area contributed by atoms with Gasteiger partial charge in [-0.15, -0.1) is 11.3 Å². The maximum atomic E-state index is 12.6. The van der Waals surface area contributed by atoms with Gasteiger partial charge in [-0.2, -0.15) is 0 Å². The third-order valence-electron chi connectivity index (χ3n) is 4.72. The molecule has 0 radical (unpaired) electrons. The van der Waals surface area contributed by atoms with Gasteiger partial charge in [-0.25, -0.2) is 9.88 Å². The molecule has 3 aliphatic rings. The van der Waals surface area contributed by atoms with Crippen molar-refractivity contribution in [3.63, 3.8) is 0 Å². The molecule has 1 aliphatic heterocycles. The van der Waals surface area contributed by atoms with Crippen LogP contribution in [0.25, 0.3) is 0 Å². The molecule has 0 aromatic carbocycles. The van der Waals surface area contributed by atoms with Gasteiger partial charge in [-0.05, 0) is 25.2 Å². The highest BCUT2D eigenvalue weighted by Crippen LogP contribution is 2.60. The Labute approximate surface area is 108 Å². The summed E-state index contributed by atoms with van der Waals surface area (Å²) in [5.74, 6) is 0.151. The highest BCUT2D eigenvalue weighted by atomic mass is 32.1. The molecule has 5 heteroatoms. The molecule has 4 nitrogen and oxygen atoms in total. The first-order valence-corrected chi connectivity index (χ1v) is 6.98. The number of carbonyl (C=O) groups is 2. The van der Waals surface area contributed by atoms with Crippen molar-refractivity contribution >= 4 is 28.3 Å². The van der Waals surface area contributed by atoms with Crippen molar-refractivity contribution in [3.05, 3.63) is 23.7 Å². The molecule has 0 N–H and O–H groups in total. The Bertz CT molecular complexity index is 580. The van der Waals surface area contributed by atoms with E-state index in [1.807, 2.05) is 6.92 Å². The number of aromatic nitrogens is 1. The van der Waals surface area contributed by atoms with Crippen molar-refractivity contribution in [1.82, 2.24) is 4.98 Å². The molecule has 2 heterocycles. The van der Waals surface area contributed by atoms with Gasteiger partial charge in [0.05, 0.1) is 11.3 Å². The SMILES string of the molecule is C[C@]12C(=O)N(c3nccs3)C(=O)[C@@H]1[C@H]1C=C[C@H]2C1. The number of anilines is 1. The number of imide groups is 1. The topological polar surface area (TPSA) is 50.3 Å². The molecule has 1 saturated carbocycles. The van der Waals surface area contributed by atoms with E-state index in [0.717, 1.165) is 6.42 Å². The Morgan fingerprint density at radius 1 is 1.44 bits per heavy atom. The van der Waals surface area contributed by atoms with Crippen LogP contribution in [0.3, 0.4) is 0 Å². The summed E-state index contributed by atoms with van der Waals surface area (Å²) in [4.78, 5) is 30.6. The van der Waals surface area contributed by atoms with Crippen molar-refractivity contribution in [1.29, 1.82) is 0 Å². The molecule has 1 saturated heterocycles. The second kappa shape index (κ2) is 3.09. The summed E-state index contributed by atoms with van der Waals surface area (Å²) in [6.07, 6.45) is 6.79. The minimum absolute atomic E-state index is 0.0608. The Kier molecular flexibility index (Phi) is 1.79. The van der Waals surface area contributed by atoms with Crippen LogP contribution in [0.4, 0.5) is 5.13 Å².